The lowest BCUT2D eigenvalue weighted by Gasteiger charge is -2.45. The molecule has 0 saturated carbocycles. The van der Waals surface area contributed by atoms with Gasteiger partial charge < -0.3 is 19.6 Å². The molecule has 7 nitrogen and oxygen atoms in total. The number of hydrogen-bond donors (Lipinski definition) is 1. The Balaban J connectivity index is 3.23. The Labute approximate surface area is 147 Å². The van der Waals surface area contributed by atoms with E-state index in [0.717, 1.165) is 0 Å². The molecule has 7 heteroatoms. The SMILES string of the molecule is C#CCO[C@@H]1OC(CCC(C)=O)[C@@H](C(C)=O)C(C(C)=O)[C@@H]1NC(C)=O. The van der Waals surface area contributed by atoms with Gasteiger partial charge >= 0.3 is 0 Å². The van der Waals surface area contributed by atoms with E-state index in [0.29, 0.717) is 0 Å². The minimum atomic E-state index is -0.971. The lowest BCUT2D eigenvalue weighted by atomic mass is 9.74. The Bertz CT molecular complexity index is 579. The molecule has 1 N–H and O–H groups in total. The summed E-state index contributed by atoms with van der Waals surface area (Å²) in [5.41, 5.74) is 0. The minimum Gasteiger partial charge on any atom is -0.348 e. The zero-order chi connectivity index (χ0) is 19.1. The maximum absolute atomic E-state index is 12.3. The van der Waals surface area contributed by atoms with Crippen molar-refractivity contribution in [1.82, 2.24) is 5.32 Å². The van der Waals surface area contributed by atoms with E-state index in [1.165, 1.54) is 27.7 Å². The predicted molar refractivity (Wildman–Crippen MR) is 89.3 cm³/mol. The summed E-state index contributed by atoms with van der Waals surface area (Å²) in [5.74, 6) is -0.182. The van der Waals surface area contributed by atoms with Crippen molar-refractivity contribution in [2.45, 2.75) is 59.0 Å². The second kappa shape index (κ2) is 9.44. The van der Waals surface area contributed by atoms with Crippen LogP contribution in [0, 0.1) is 24.2 Å². The smallest absolute Gasteiger partial charge is 0.217 e. The van der Waals surface area contributed by atoms with Crippen LogP contribution < -0.4 is 5.32 Å². The number of ether oxygens (including phenoxy) is 2. The fraction of sp³-hybridized carbons (Fsp3) is 0.667. The number of ketones is 3. The number of amides is 1. The van der Waals surface area contributed by atoms with Crippen molar-refractivity contribution in [1.29, 1.82) is 0 Å². The second-order valence-corrected chi connectivity index (χ2v) is 6.30. The molecule has 0 aromatic carbocycles. The summed E-state index contributed by atoms with van der Waals surface area (Å²) >= 11 is 0. The van der Waals surface area contributed by atoms with E-state index in [2.05, 4.69) is 11.2 Å². The van der Waals surface area contributed by atoms with Crippen LogP contribution in [-0.4, -0.2) is 48.3 Å². The van der Waals surface area contributed by atoms with Crippen LogP contribution >= 0.6 is 0 Å². The first-order valence-electron chi connectivity index (χ1n) is 8.17. The average molecular weight is 351 g/mol. The molecule has 1 aliphatic rings. The van der Waals surface area contributed by atoms with Gasteiger partial charge in [0.05, 0.1) is 24.0 Å². The van der Waals surface area contributed by atoms with Gasteiger partial charge in [-0.25, -0.2) is 0 Å². The van der Waals surface area contributed by atoms with Crippen LogP contribution in [0.3, 0.4) is 0 Å². The molecule has 1 saturated heterocycles. The Kier molecular flexibility index (Phi) is 7.94. The summed E-state index contributed by atoms with van der Waals surface area (Å²) < 4.78 is 11.3. The first kappa shape index (κ1) is 21.0. The molecule has 2 unspecified atom stereocenters. The molecule has 5 atom stereocenters. The van der Waals surface area contributed by atoms with Crippen molar-refractivity contribution < 1.29 is 28.7 Å². The summed E-state index contributed by atoms with van der Waals surface area (Å²) in [6.45, 7) is 5.41. The van der Waals surface area contributed by atoms with Crippen molar-refractivity contribution in [2.75, 3.05) is 6.61 Å². The minimum absolute atomic E-state index is 0.0460. The van der Waals surface area contributed by atoms with Crippen molar-refractivity contribution in [3.05, 3.63) is 0 Å². The van der Waals surface area contributed by atoms with E-state index in [1.807, 2.05) is 0 Å². The number of rotatable bonds is 8. The monoisotopic (exact) mass is 351 g/mol. The molecule has 1 amide bonds. The normalized spacial score (nSPS) is 28.7. The van der Waals surface area contributed by atoms with Gasteiger partial charge in [-0.1, -0.05) is 5.92 Å². The van der Waals surface area contributed by atoms with Gasteiger partial charge in [-0.15, -0.1) is 6.42 Å². The molecule has 1 rings (SSSR count). The quantitative estimate of drug-likeness (QED) is 0.645. The standard InChI is InChI=1S/C18H25NO6/c1-6-9-24-18-17(19-13(5)23)16(12(4)22)15(11(3)21)14(25-18)8-7-10(2)20/h1,14-18H,7-9H2,2-5H3,(H,19,23)/t14?,15-,16?,17+,18-/m1/s1. The Morgan fingerprint density at radius 1 is 1.08 bits per heavy atom. The molecule has 1 heterocycles. The van der Waals surface area contributed by atoms with Gasteiger partial charge in [0.15, 0.2) is 6.29 Å². The largest absolute Gasteiger partial charge is 0.348 e. The topological polar surface area (TPSA) is 98.8 Å². The van der Waals surface area contributed by atoms with Gasteiger partial charge in [-0.3, -0.25) is 14.4 Å². The van der Waals surface area contributed by atoms with E-state index in [-0.39, 0.29) is 42.7 Å². The van der Waals surface area contributed by atoms with Crippen molar-refractivity contribution >= 4 is 23.3 Å². The fourth-order valence-electron chi connectivity index (χ4n) is 3.24. The predicted octanol–water partition coefficient (Wildman–Crippen LogP) is 0.645. The Morgan fingerprint density at radius 2 is 1.68 bits per heavy atom. The summed E-state index contributed by atoms with van der Waals surface area (Å²) in [4.78, 5) is 47.4. The maximum Gasteiger partial charge on any atom is 0.217 e. The summed E-state index contributed by atoms with van der Waals surface area (Å²) in [6.07, 6.45) is 4.07. The number of carbonyl (C=O) groups excluding carboxylic acids is 4. The van der Waals surface area contributed by atoms with Gasteiger partial charge in [0.25, 0.3) is 0 Å². The van der Waals surface area contributed by atoms with Crippen LogP contribution in [0.15, 0.2) is 0 Å². The number of Topliss-reactive ketones (excluding diaryl/α,β-unsaturated/α-hetero) is 3. The van der Waals surface area contributed by atoms with Gasteiger partial charge in [0.1, 0.15) is 24.0 Å². The highest BCUT2D eigenvalue weighted by Crippen LogP contribution is 2.35. The van der Waals surface area contributed by atoms with Crippen LogP contribution in [0.1, 0.15) is 40.5 Å². The van der Waals surface area contributed by atoms with E-state index >= 15 is 0 Å². The number of carbonyl (C=O) groups is 4. The lowest BCUT2D eigenvalue weighted by Crippen LogP contribution is -2.62. The van der Waals surface area contributed by atoms with Gasteiger partial charge in [-0.2, -0.15) is 0 Å². The number of hydrogen-bond acceptors (Lipinski definition) is 6. The molecule has 0 spiro atoms. The molecule has 0 bridgehead atoms. The first-order chi connectivity index (χ1) is 11.7. The van der Waals surface area contributed by atoms with Crippen LogP contribution in [0.4, 0.5) is 0 Å². The molecular formula is C18H25NO6. The molecule has 0 aromatic heterocycles. The lowest BCUT2D eigenvalue weighted by molar-refractivity contribution is -0.232. The maximum atomic E-state index is 12.3. The Hall–Kier alpha value is -2.04. The van der Waals surface area contributed by atoms with Crippen molar-refractivity contribution in [3.8, 4) is 12.3 Å². The highest BCUT2D eigenvalue weighted by atomic mass is 16.7. The zero-order valence-corrected chi connectivity index (χ0v) is 15.0. The number of terminal acetylenes is 1. The van der Waals surface area contributed by atoms with E-state index in [4.69, 9.17) is 15.9 Å². The van der Waals surface area contributed by atoms with Crippen molar-refractivity contribution in [3.63, 3.8) is 0 Å². The fourth-order valence-corrected chi connectivity index (χ4v) is 3.24. The third kappa shape index (κ3) is 5.76. The van der Waals surface area contributed by atoms with Crippen LogP contribution in [0.2, 0.25) is 0 Å². The van der Waals surface area contributed by atoms with E-state index < -0.39 is 30.3 Å². The first-order valence-corrected chi connectivity index (χ1v) is 8.17. The molecule has 0 radical (unpaired) electrons. The summed E-state index contributed by atoms with van der Waals surface area (Å²) in [7, 11) is 0. The molecule has 0 aliphatic carbocycles. The average Bonchev–Trinajstić information content (AvgIpc) is 2.50. The molecule has 1 aliphatic heterocycles. The summed E-state index contributed by atoms with van der Waals surface area (Å²) in [6, 6.07) is -0.828. The number of nitrogens with one attached hydrogen (secondary N) is 1. The molecule has 138 valence electrons. The van der Waals surface area contributed by atoms with Crippen molar-refractivity contribution in [2.24, 2.45) is 11.8 Å². The summed E-state index contributed by atoms with van der Waals surface area (Å²) in [5, 5.41) is 2.64. The van der Waals surface area contributed by atoms with E-state index in [9.17, 15) is 19.2 Å². The Morgan fingerprint density at radius 3 is 2.12 bits per heavy atom. The van der Waals surface area contributed by atoms with E-state index in [1.54, 1.807) is 0 Å². The highest BCUT2D eigenvalue weighted by molar-refractivity contribution is 5.89. The highest BCUT2D eigenvalue weighted by Gasteiger charge is 2.50. The molecular weight excluding hydrogens is 326 g/mol. The third-order valence-corrected chi connectivity index (χ3v) is 4.20. The van der Waals surface area contributed by atoms with Crippen LogP contribution in [0.5, 0.6) is 0 Å². The second-order valence-electron chi connectivity index (χ2n) is 6.30. The van der Waals surface area contributed by atoms with Crippen LogP contribution in [0.25, 0.3) is 0 Å². The third-order valence-electron chi connectivity index (χ3n) is 4.20. The molecule has 0 aromatic rings. The molecule has 1 fully saturated rings. The van der Waals surface area contributed by atoms with Gasteiger partial charge in [-0.05, 0) is 27.2 Å². The van der Waals surface area contributed by atoms with Crippen LogP contribution in [-0.2, 0) is 28.7 Å². The molecule has 25 heavy (non-hydrogen) atoms. The zero-order valence-electron chi connectivity index (χ0n) is 15.0. The van der Waals surface area contributed by atoms with Gasteiger partial charge in [0, 0.05) is 13.3 Å². The van der Waals surface area contributed by atoms with Gasteiger partial charge in [0.2, 0.25) is 5.91 Å².